The maximum absolute atomic E-state index is 14.9. The van der Waals surface area contributed by atoms with Crippen LogP contribution in [-0.4, -0.2) is 47.8 Å². The van der Waals surface area contributed by atoms with Gasteiger partial charge in [0.05, 0.1) is 5.92 Å². The van der Waals surface area contributed by atoms with Crippen molar-refractivity contribution in [2.75, 3.05) is 4.90 Å². The molecule has 11 heteroatoms. The van der Waals surface area contributed by atoms with E-state index in [0.29, 0.717) is 12.1 Å². The molecular weight excluding hydrogens is 530 g/mol. The number of allylic oxidation sites excluding steroid dienone is 3. The highest BCUT2D eigenvalue weighted by atomic mass is 19.4. The lowest BCUT2D eigenvalue weighted by atomic mass is 9.79. The van der Waals surface area contributed by atoms with Crippen LogP contribution in [0.5, 0.6) is 0 Å². The molecule has 220 valence electrons. The number of amides is 3. The molecule has 2 aliphatic rings. The molecule has 7 nitrogen and oxygen atoms in total. The van der Waals surface area contributed by atoms with Crippen molar-refractivity contribution in [2.24, 2.45) is 11.8 Å². The number of carbonyl (C=O) groups excluding carboxylic acids is 3. The fraction of sp³-hybridized carbons (Fsp3) is 0.552. The fourth-order valence-electron chi connectivity index (χ4n) is 5.13. The van der Waals surface area contributed by atoms with Crippen molar-refractivity contribution in [1.29, 1.82) is 0 Å². The summed E-state index contributed by atoms with van der Waals surface area (Å²) in [7, 11) is 0. The van der Waals surface area contributed by atoms with Crippen LogP contribution in [0.4, 0.5) is 28.0 Å². The normalized spacial score (nSPS) is 22.5. The maximum Gasteiger partial charge on any atom is 0.408 e. The molecule has 1 heterocycles. The first-order valence-corrected chi connectivity index (χ1v) is 13.3. The van der Waals surface area contributed by atoms with Crippen molar-refractivity contribution >= 4 is 23.6 Å². The minimum atomic E-state index is -4.79. The van der Waals surface area contributed by atoms with Gasteiger partial charge < -0.3 is 20.3 Å². The van der Waals surface area contributed by atoms with E-state index in [9.17, 15) is 31.9 Å². The summed E-state index contributed by atoms with van der Waals surface area (Å²) in [6.07, 6.45) is -3.85. The van der Waals surface area contributed by atoms with Crippen molar-refractivity contribution in [3.8, 4) is 0 Å². The average molecular weight is 568 g/mol. The Labute approximate surface area is 232 Å². The van der Waals surface area contributed by atoms with E-state index in [1.807, 2.05) is 32.0 Å². The van der Waals surface area contributed by atoms with Crippen LogP contribution in [0.15, 0.2) is 47.8 Å². The van der Waals surface area contributed by atoms with Crippen molar-refractivity contribution in [2.45, 2.75) is 90.7 Å². The van der Waals surface area contributed by atoms with Crippen molar-refractivity contribution < 1.29 is 36.7 Å². The quantitative estimate of drug-likeness (QED) is 0.429. The second-order valence-corrected chi connectivity index (χ2v) is 11.5. The highest BCUT2D eigenvalue weighted by molar-refractivity contribution is 6.01. The van der Waals surface area contributed by atoms with Gasteiger partial charge in [-0.05, 0) is 76.7 Å². The zero-order chi connectivity index (χ0) is 30.0. The Balaban J connectivity index is 1.92. The van der Waals surface area contributed by atoms with E-state index < -0.39 is 71.4 Å². The van der Waals surface area contributed by atoms with Crippen LogP contribution in [-0.2, 0) is 20.7 Å². The van der Waals surface area contributed by atoms with Crippen molar-refractivity contribution in [3.63, 3.8) is 0 Å². The van der Waals surface area contributed by atoms with Crippen LogP contribution < -0.4 is 15.5 Å². The predicted octanol–water partition coefficient (Wildman–Crippen LogP) is 5.75. The zero-order valence-electron chi connectivity index (χ0n) is 23.6. The van der Waals surface area contributed by atoms with Crippen LogP contribution in [0.25, 0.3) is 0 Å². The minimum absolute atomic E-state index is 0.228. The average Bonchev–Trinajstić information content (AvgIpc) is 2.95. The van der Waals surface area contributed by atoms with E-state index >= 15 is 0 Å². The Bertz CT molecular complexity index is 1190. The number of halogens is 4. The Morgan fingerprint density at radius 3 is 2.40 bits per heavy atom. The van der Waals surface area contributed by atoms with Crippen LogP contribution >= 0.6 is 0 Å². The fourth-order valence-corrected chi connectivity index (χ4v) is 5.13. The summed E-state index contributed by atoms with van der Waals surface area (Å²) < 4.78 is 62.0. The summed E-state index contributed by atoms with van der Waals surface area (Å²) in [5.41, 5.74) is 0.00786. The smallest absolute Gasteiger partial charge is 0.408 e. The number of nitrogens with one attached hydrogen (secondary N) is 2. The SMILES string of the molecule is CC1C=CC(F)=C(C[C@@H](NC(=O)OC(C)(C)C)C(=O)N[C@@H]2CCc3ccccc3N(C(C)C)C2=O)C1C(F)(F)F. The topological polar surface area (TPSA) is 87.7 Å². The number of rotatable bonds is 6. The van der Waals surface area contributed by atoms with Crippen molar-refractivity contribution in [1.82, 2.24) is 10.6 Å². The monoisotopic (exact) mass is 567 g/mol. The molecule has 0 saturated heterocycles. The molecule has 3 rings (SSSR count). The highest BCUT2D eigenvalue weighted by Gasteiger charge is 2.48. The van der Waals surface area contributed by atoms with Crippen molar-refractivity contribution in [3.05, 3.63) is 53.4 Å². The molecule has 1 aliphatic heterocycles. The first kappa shape index (κ1) is 31.2. The summed E-state index contributed by atoms with van der Waals surface area (Å²) in [6.45, 7) is 9.71. The van der Waals surface area contributed by atoms with E-state index in [4.69, 9.17) is 4.74 Å². The van der Waals surface area contributed by atoms with Crippen LogP contribution in [0.2, 0.25) is 0 Å². The summed E-state index contributed by atoms with van der Waals surface area (Å²) in [6, 6.07) is 4.45. The van der Waals surface area contributed by atoms with Gasteiger partial charge in [-0.1, -0.05) is 31.2 Å². The first-order valence-electron chi connectivity index (χ1n) is 13.3. The number of benzene rings is 1. The Morgan fingerprint density at radius 2 is 1.80 bits per heavy atom. The van der Waals surface area contributed by atoms with Gasteiger partial charge in [-0.25, -0.2) is 9.18 Å². The van der Waals surface area contributed by atoms with Gasteiger partial charge in [-0.3, -0.25) is 9.59 Å². The number of aryl methyl sites for hydroxylation is 1. The summed E-state index contributed by atoms with van der Waals surface area (Å²) in [5, 5.41) is 4.93. The number of nitrogens with zero attached hydrogens (tertiary/aromatic N) is 1. The summed E-state index contributed by atoms with van der Waals surface area (Å²) in [5.74, 6) is -5.68. The molecule has 0 saturated carbocycles. The van der Waals surface area contributed by atoms with Gasteiger partial charge in [0.1, 0.15) is 23.5 Å². The molecule has 1 aliphatic carbocycles. The van der Waals surface area contributed by atoms with E-state index in [1.54, 1.807) is 31.7 Å². The van der Waals surface area contributed by atoms with E-state index in [2.05, 4.69) is 10.6 Å². The van der Waals surface area contributed by atoms with Gasteiger partial charge in [-0.15, -0.1) is 0 Å². The number of alkyl carbamates (subject to hydrolysis) is 1. The first-order chi connectivity index (χ1) is 18.5. The van der Waals surface area contributed by atoms with Gasteiger partial charge in [0.15, 0.2) is 0 Å². The van der Waals surface area contributed by atoms with Gasteiger partial charge in [0, 0.05) is 18.2 Å². The number of carbonyl (C=O) groups is 3. The second-order valence-electron chi connectivity index (χ2n) is 11.5. The predicted molar refractivity (Wildman–Crippen MR) is 143 cm³/mol. The molecule has 3 amide bonds. The number of anilines is 1. The third-order valence-corrected chi connectivity index (χ3v) is 6.86. The number of hydrogen-bond acceptors (Lipinski definition) is 4. The molecule has 40 heavy (non-hydrogen) atoms. The molecule has 2 N–H and O–H groups in total. The standard InChI is InChI=1S/C29H37F4N3O4/c1-16(2)36-23-10-8-7-9-18(23)12-14-21(26(36)38)34-25(37)22(35-27(39)40-28(4,5)6)15-19-20(30)13-11-17(3)24(19)29(31,32)33/h7-11,13,16-17,21-22,24H,12,14-15H2,1-6H3,(H,34,37)(H,35,39)/t17?,21-,22-,24?/m1/s1. The molecule has 1 aromatic rings. The molecule has 0 aromatic heterocycles. The molecule has 0 spiro atoms. The van der Waals surface area contributed by atoms with Gasteiger partial charge >= 0.3 is 12.3 Å². The molecular formula is C29H37F4N3O4. The van der Waals surface area contributed by atoms with Crippen LogP contribution in [0, 0.1) is 11.8 Å². The zero-order valence-corrected chi connectivity index (χ0v) is 23.6. The van der Waals surface area contributed by atoms with Gasteiger partial charge in [0.25, 0.3) is 0 Å². The summed E-state index contributed by atoms with van der Waals surface area (Å²) in [4.78, 5) is 41.3. The Kier molecular flexibility index (Phi) is 9.36. The Hall–Kier alpha value is -3.37. The molecule has 0 bridgehead atoms. The van der Waals surface area contributed by atoms with E-state index in [0.717, 1.165) is 17.7 Å². The van der Waals surface area contributed by atoms with Gasteiger partial charge in [0.2, 0.25) is 11.8 Å². The lowest BCUT2D eigenvalue weighted by Gasteiger charge is -2.33. The van der Waals surface area contributed by atoms with Gasteiger partial charge in [-0.2, -0.15) is 13.2 Å². The number of hydrogen-bond donors (Lipinski definition) is 2. The Morgan fingerprint density at radius 1 is 1.15 bits per heavy atom. The molecule has 2 unspecified atom stereocenters. The molecule has 1 aromatic carbocycles. The molecule has 0 radical (unpaired) electrons. The summed E-state index contributed by atoms with van der Waals surface area (Å²) >= 11 is 0. The lowest BCUT2D eigenvalue weighted by Crippen LogP contribution is -2.55. The number of ether oxygens (including phenoxy) is 1. The van der Waals surface area contributed by atoms with Crippen LogP contribution in [0.3, 0.4) is 0 Å². The highest BCUT2D eigenvalue weighted by Crippen LogP contribution is 2.44. The van der Waals surface area contributed by atoms with Crippen LogP contribution in [0.1, 0.15) is 59.9 Å². The number of para-hydroxylation sites is 1. The second kappa shape index (κ2) is 12.0. The number of alkyl halides is 3. The third-order valence-electron chi connectivity index (χ3n) is 6.86. The van der Waals surface area contributed by atoms with E-state index in [-0.39, 0.29) is 12.5 Å². The maximum atomic E-state index is 14.9. The molecule has 0 fully saturated rings. The molecule has 4 atom stereocenters. The minimum Gasteiger partial charge on any atom is -0.444 e. The largest absolute Gasteiger partial charge is 0.444 e. The third kappa shape index (κ3) is 7.42. The number of fused-ring (bicyclic) bond motifs is 1. The van der Waals surface area contributed by atoms with E-state index in [1.165, 1.54) is 6.92 Å². The lowest BCUT2D eigenvalue weighted by molar-refractivity contribution is -0.173.